The van der Waals surface area contributed by atoms with E-state index < -0.39 is 5.82 Å². The molecule has 0 heterocycles. The molecular formula is C15H10Cl2FNO. The highest BCUT2D eigenvalue weighted by Gasteiger charge is 2.04. The zero-order chi connectivity index (χ0) is 14.5. The molecule has 0 atom stereocenters. The molecule has 2 nitrogen and oxygen atoms in total. The van der Waals surface area contributed by atoms with Gasteiger partial charge in [-0.15, -0.1) is 0 Å². The molecule has 1 N–H and O–H groups in total. The van der Waals surface area contributed by atoms with Crippen LogP contribution >= 0.6 is 23.2 Å². The Morgan fingerprint density at radius 2 is 1.80 bits per heavy atom. The first kappa shape index (κ1) is 14.6. The van der Waals surface area contributed by atoms with Gasteiger partial charge in [0.05, 0.1) is 5.02 Å². The quantitative estimate of drug-likeness (QED) is 0.812. The van der Waals surface area contributed by atoms with Crippen molar-refractivity contribution in [1.29, 1.82) is 0 Å². The van der Waals surface area contributed by atoms with Gasteiger partial charge in [-0.2, -0.15) is 0 Å². The van der Waals surface area contributed by atoms with Crippen LogP contribution in [0.5, 0.6) is 0 Å². The molecule has 0 saturated heterocycles. The molecule has 5 heteroatoms. The molecule has 0 bridgehead atoms. The lowest BCUT2D eigenvalue weighted by atomic mass is 10.2. The fourth-order valence-electron chi connectivity index (χ4n) is 1.55. The minimum atomic E-state index is -0.479. The molecule has 0 unspecified atom stereocenters. The number of amides is 1. The van der Waals surface area contributed by atoms with Crippen molar-refractivity contribution in [3.63, 3.8) is 0 Å². The zero-order valence-electron chi connectivity index (χ0n) is 10.2. The minimum absolute atomic E-state index is 0.181. The predicted molar refractivity (Wildman–Crippen MR) is 80.5 cm³/mol. The predicted octanol–water partition coefficient (Wildman–Crippen LogP) is 4.78. The SMILES string of the molecule is O=C(/C=C/c1c(F)cccc1Cl)Nc1ccc(Cl)cc1. The second-order valence-electron chi connectivity index (χ2n) is 3.96. The van der Waals surface area contributed by atoms with Crippen molar-refractivity contribution in [3.05, 3.63) is 70.0 Å². The second-order valence-corrected chi connectivity index (χ2v) is 4.81. The van der Waals surface area contributed by atoms with E-state index in [1.165, 1.54) is 24.3 Å². The summed E-state index contributed by atoms with van der Waals surface area (Å²) in [6, 6.07) is 11.0. The van der Waals surface area contributed by atoms with E-state index in [9.17, 15) is 9.18 Å². The molecule has 2 aromatic rings. The van der Waals surface area contributed by atoms with Crippen molar-refractivity contribution >= 4 is 40.9 Å². The molecule has 2 aromatic carbocycles. The smallest absolute Gasteiger partial charge is 0.248 e. The monoisotopic (exact) mass is 309 g/mol. The highest BCUT2D eigenvalue weighted by molar-refractivity contribution is 6.32. The van der Waals surface area contributed by atoms with Crippen LogP contribution in [0.1, 0.15) is 5.56 Å². The molecule has 0 spiro atoms. The van der Waals surface area contributed by atoms with Gasteiger partial charge in [0.1, 0.15) is 5.82 Å². The van der Waals surface area contributed by atoms with E-state index in [1.54, 1.807) is 30.3 Å². The standard InChI is InChI=1S/C15H10Cl2FNO/c16-10-4-6-11(7-5-10)19-15(20)9-8-12-13(17)2-1-3-14(12)18/h1-9H,(H,19,20)/b9-8+. The second kappa shape index (κ2) is 6.55. The fourth-order valence-corrected chi connectivity index (χ4v) is 1.90. The van der Waals surface area contributed by atoms with Gasteiger partial charge in [0, 0.05) is 22.3 Å². The highest BCUT2D eigenvalue weighted by atomic mass is 35.5. The Morgan fingerprint density at radius 3 is 2.45 bits per heavy atom. The Balaban J connectivity index is 2.08. The van der Waals surface area contributed by atoms with Crippen LogP contribution in [0.25, 0.3) is 6.08 Å². The average molecular weight is 310 g/mol. The first-order valence-electron chi connectivity index (χ1n) is 5.75. The molecule has 0 aliphatic heterocycles. The number of rotatable bonds is 3. The summed E-state index contributed by atoms with van der Waals surface area (Å²) in [5.41, 5.74) is 0.782. The van der Waals surface area contributed by atoms with Crippen LogP contribution in [0.15, 0.2) is 48.5 Å². The molecular weight excluding hydrogens is 300 g/mol. The Labute approximate surface area is 125 Å². The minimum Gasteiger partial charge on any atom is -0.323 e. The van der Waals surface area contributed by atoms with Crippen molar-refractivity contribution in [3.8, 4) is 0 Å². The number of halogens is 3. The van der Waals surface area contributed by atoms with Crippen molar-refractivity contribution in [2.45, 2.75) is 0 Å². The number of nitrogens with one attached hydrogen (secondary N) is 1. The summed E-state index contributed by atoms with van der Waals surface area (Å²) in [6.45, 7) is 0. The van der Waals surface area contributed by atoms with Gasteiger partial charge in [-0.3, -0.25) is 4.79 Å². The van der Waals surface area contributed by atoms with E-state index in [2.05, 4.69) is 5.32 Å². The molecule has 2 rings (SSSR count). The van der Waals surface area contributed by atoms with Gasteiger partial charge in [-0.25, -0.2) is 4.39 Å². The number of hydrogen-bond acceptors (Lipinski definition) is 1. The first-order valence-corrected chi connectivity index (χ1v) is 6.50. The van der Waals surface area contributed by atoms with Crippen LogP contribution in [0.4, 0.5) is 10.1 Å². The Morgan fingerprint density at radius 1 is 1.10 bits per heavy atom. The third kappa shape index (κ3) is 3.83. The van der Waals surface area contributed by atoms with Crippen LogP contribution in [0, 0.1) is 5.82 Å². The maximum atomic E-state index is 13.5. The van der Waals surface area contributed by atoms with Gasteiger partial charge in [0.25, 0.3) is 0 Å². The van der Waals surface area contributed by atoms with Crippen molar-refractivity contribution in [1.82, 2.24) is 0 Å². The summed E-state index contributed by atoms with van der Waals surface area (Å²) in [5.74, 6) is -0.861. The number of benzene rings is 2. The molecule has 0 radical (unpaired) electrons. The Kier molecular flexibility index (Phi) is 4.77. The van der Waals surface area contributed by atoms with Gasteiger partial charge < -0.3 is 5.32 Å². The molecule has 1 amide bonds. The molecule has 102 valence electrons. The van der Waals surface area contributed by atoms with Crippen molar-refractivity contribution in [2.75, 3.05) is 5.32 Å². The summed E-state index contributed by atoms with van der Waals surface area (Å²) >= 11 is 11.6. The lowest BCUT2D eigenvalue weighted by Crippen LogP contribution is -2.07. The van der Waals surface area contributed by atoms with Crippen LogP contribution in [-0.2, 0) is 4.79 Å². The molecule has 0 aromatic heterocycles. The molecule has 0 saturated carbocycles. The maximum Gasteiger partial charge on any atom is 0.248 e. The lowest BCUT2D eigenvalue weighted by molar-refractivity contribution is -0.111. The Bertz CT molecular complexity index is 633. The van der Waals surface area contributed by atoms with E-state index in [0.717, 1.165) is 0 Å². The zero-order valence-corrected chi connectivity index (χ0v) is 11.8. The summed E-state index contributed by atoms with van der Waals surface area (Å²) in [5, 5.41) is 3.46. The average Bonchev–Trinajstić information content (AvgIpc) is 2.41. The van der Waals surface area contributed by atoms with Crippen LogP contribution in [0.3, 0.4) is 0 Å². The van der Waals surface area contributed by atoms with E-state index in [1.807, 2.05) is 0 Å². The number of anilines is 1. The van der Waals surface area contributed by atoms with E-state index in [-0.39, 0.29) is 16.5 Å². The van der Waals surface area contributed by atoms with Gasteiger partial charge in [-0.1, -0.05) is 29.3 Å². The normalized spacial score (nSPS) is 10.8. The van der Waals surface area contributed by atoms with E-state index in [0.29, 0.717) is 10.7 Å². The highest BCUT2D eigenvalue weighted by Crippen LogP contribution is 2.20. The summed E-state index contributed by atoms with van der Waals surface area (Å²) < 4.78 is 13.5. The first-order chi connectivity index (χ1) is 9.56. The van der Waals surface area contributed by atoms with Crippen molar-refractivity contribution < 1.29 is 9.18 Å². The topological polar surface area (TPSA) is 29.1 Å². The number of carbonyl (C=O) groups excluding carboxylic acids is 1. The summed E-state index contributed by atoms with van der Waals surface area (Å²) in [4.78, 5) is 11.7. The van der Waals surface area contributed by atoms with Crippen molar-refractivity contribution in [2.24, 2.45) is 0 Å². The van der Waals surface area contributed by atoms with Crippen LogP contribution in [0.2, 0.25) is 10.0 Å². The van der Waals surface area contributed by atoms with E-state index in [4.69, 9.17) is 23.2 Å². The van der Waals surface area contributed by atoms with Gasteiger partial charge in [0.2, 0.25) is 5.91 Å². The molecule has 0 aliphatic carbocycles. The van der Waals surface area contributed by atoms with E-state index >= 15 is 0 Å². The summed E-state index contributed by atoms with van der Waals surface area (Å²) in [6.07, 6.45) is 2.56. The molecule has 0 fully saturated rings. The van der Waals surface area contributed by atoms with Gasteiger partial charge >= 0.3 is 0 Å². The fraction of sp³-hybridized carbons (Fsp3) is 0. The van der Waals surface area contributed by atoms with Gasteiger partial charge in [-0.05, 0) is 42.5 Å². The molecule has 20 heavy (non-hydrogen) atoms. The molecule has 0 aliphatic rings. The third-order valence-electron chi connectivity index (χ3n) is 2.51. The largest absolute Gasteiger partial charge is 0.323 e. The van der Waals surface area contributed by atoms with Crippen LogP contribution in [-0.4, -0.2) is 5.91 Å². The number of hydrogen-bond donors (Lipinski definition) is 1. The number of carbonyl (C=O) groups is 1. The maximum absolute atomic E-state index is 13.5. The van der Waals surface area contributed by atoms with Gasteiger partial charge in [0.15, 0.2) is 0 Å². The Hall–Kier alpha value is -1.84. The summed E-state index contributed by atoms with van der Waals surface area (Å²) in [7, 11) is 0. The van der Waals surface area contributed by atoms with Crippen LogP contribution < -0.4 is 5.32 Å². The lowest BCUT2D eigenvalue weighted by Gasteiger charge is -2.02. The third-order valence-corrected chi connectivity index (χ3v) is 3.09.